The average molecular weight is 714 g/mol. The molecule has 0 unspecified atom stereocenters. The van der Waals surface area contributed by atoms with Crippen LogP contribution in [0.5, 0.6) is 5.75 Å². The quantitative estimate of drug-likeness (QED) is 0.243. The van der Waals surface area contributed by atoms with Gasteiger partial charge in [0.05, 0.1) is 38.5 Å². The highest BCUT2D eigenvalue weighted by atomic mass is 28.4. The maximum Gasteiger partial charge on any atom is 0.264 e. The molecule has 11 heteroatoms. The van der Waals surface area contributed by atoms with Crippen LogP contribution in [-0.2, 0) is 37.8 Å². The van der Waals surface area contributed by atoms with Crippen LogP contribution in [0.2, 0.25) is 18.6 Å². The Morgan fingerprint density at radius 2 is 1.73 bits per heavy atom. The Labute approximate surface area is 302 Å². The van der Waals surface area contributed by atoms with Crippen molar-refractivity contribution < 1.29 is 33.8 Å². The maximum atomic E-state index is 14.9. The van der Waals surface area contributed by atoms with Crippen LogP contribution in [0.3, 0.4) is 0 Å². The van der Waals surface area contributed by atoms with Gasteiger partial charge in [-0.25, -0.2) is 0 Å². The van der Waals surface area contributed by atoms with Crippen LogP contribution < -0.4 is 14.5 Å². The van der Waals surface area contributed by atoms with Gasteiger partial charge >= 0.3 is 0 Å². The van der Waals surface area contributed by atoms with Gasteiger partial charge in [0.25, 0.3) is 5.91 Å². The van der Waals surface area contributed by atoms with Gasteiger partial charge in [0.2, 0.25) is 11.8 Å². The summed E-state index contributed by atoms with van der Waals surface area (Å²) in [6.45, 7) is 6.91. The zero-order valence-electron chi connectivity index (χ0n) is 30.2. The molecule has 3 aliphatic rings. The number of fused-ring (bicyclic) bond motifs is 2. The molecule has 2 N–H and O–H groups in total. The van der Waals surface area contributed by atoms with Crippen LogP contribution in [0.15, 0.2) is 72.8 Å². The van der Waals surface area contributed by atoms with Crippen LogP contribution in [0.1, 0.15) is 62.1 Å². The molecule has 2 saturated heterocycles. The lowest BCUT2D eigenvalue weighted by Crippen LogP contribution is -2.46. The smallest absolute Gasteiger partial charge is 0.264 e. The van der Waals surface area contributed by atoms with Crippen molar-refractivity contribution in [1.82, 2.24) is 4.90 Å². The summed E-state index contributed by atoms with van der Waals surface area (Å²) in [5.74, 6) is -0.180. The van der Waals surface area contributed by atoms with Gasteiger partial charge < -0.3 is 34.1 Å². The van der Waals surface area contributed by atoms with Gasteiger partial charge in [-0.3, -0.25) is 14.4 Å². The van der Waals surface area contributed by atoms with E-state index in [4.69, 9.17) is 9.47 Å². The number of hydrogen-bond acceptors (Lipinski definition) is 7. The number of anilines is 2. The maximum absolute atomic E-state index is 14.9. The van der Waals surface area contributed by atoms with E-state index in [1.54, 1.807) is 16.9 Å². The third-order valence-corrected chi connectivity index (χ3v) is 13.4. The second-order valence-electron chi connectivity index (χ2n) is 14.7. The molecule has 3 aliphatic heterocycles. The number of ether oxygens (including phenoxy) is 2. The Kier molecular flexibility index (Phi) is 11.0. The molecular formula is C40H51N3O7Si. The van der Waals surface area contributed by atoms with Crippen LogP contribution in [-0.4, -0.2) is 73.8 Å². The first-order valence-corrected chi connectivity index (χ1v) is 21.2. The molecule has 3 aromatic carbocycles. The largest absolute Gasteiger partial charge is 0.497 e. The van der Waals surface area contributed by atoms with Crippen LogP contribution in [0, 0.1) is 5.92 Å². The van der Waals surface area contributed by atoms with Gasteiger partial charge in [0.15, 0.2) is 13.9 Å². The first kappa shape index (κ1) is 36.7. The van der Waals surface area contributed by atoms with Crippen molar-refractivity contribution in [2.75, 3.05) is 36.6 Å². The molecule has 0 bridgehead atoms. The van der Waals surface area contributed by atoms with Gasteiger partial charge in [-0.1, -0.05) is 62.2 Å². The van der Waals surface area contributed by atoms with Crippen molar-refractivity contribution in [2.24, 2.45) is 5.92 Å². The minimum Gasteiger partial charge on any atom is -0.497 e. The van der Waals surface area contributed by atoms with Gasteiger partial charge in [-0.05, 0) is 67.4 Å². The first-order chi connectivity index (χ1) is 24.5. The summed E-state index contributed by atoms with van der Waals surface area (Å²) in [7, 11) is -1.44. The molecule has 272 valence electrons. The van der Waals surface area contributed by atoms with Crippen molar-refractivity contribution >= 4 is 37.4 Å². The Hall–Kier alpha value is -4.03. The molecule has 3 aromatic rings. The minimum absolute atomic E-state index is 0.0379. The molecule has 51 heavy (non-hydrogen) atoms. The predicted octanol–water partition coefficient (Wildman–Crippen LogP) is 5.75. The Bertz CT molecular complexity index is 1710. The van der Waals surface area contributed by atoms with Gasteiger partial charge in [0.1, 0.15) is 5.75 Å². The summed E-state index contributed by atoms with van der Waals surface area (Å²) in [5.41, 5.74) is 2.19. The highest BCUT2D eigenvalue weighted by molar-refractivity contribution is 6.71. The number of benzene rings is 3. The number of aliphatic hydroxyl groups excluding tert-OH is 1. The SMILES string of the molecule is COc1ccc2c(c1)[C@]1(O[C@@H](CC(=O)N(CCO)Cc3ccccc3)[C@H]([Si](C)(C)O)[C@H]1C)C(=O)N2Cc1ccc(N2CCCCCCC2=O)cc1. The number of carbonyl (C=O) groups is 3. The van der Waals surface area contributed by atoms with Gasteiger partial charge in [-0.2, -0.15) is 0 Å². The second-order valence-corrected chi connectivity index (χ2v) is 18.7. The van der Waals surface area contributed by atoms with Crippen molar-refractivity contribution in [1.29, 1.82) is 0 Å². The first-order valence-electron chi connectivity index (χ1n) is 18.2. The van der Waals surface area contributed by atoms with Gasteiger partial charge in [-0.15, -0.1) is 0 Å². The molecule has 0 aliphatic carbocycles. The van der Waals surface area contributed by atoms with Crippen LogP contribution in [0.25, 0.3) is 0 Å². The van der Waals surface area contributed by atoms with E-state index in [1.807, 2.05) is 97.7 Å². The van der Waals surface area contributed by atoms with Crippen LogP contribution in [0.4, 0.5) is 11.4 Å². The van der Waals surface area contributed by atoms with E-state index in [1.165, 1.54) is 0 Å². The van der Waals surface area contributed by atoms with E-state index in [0.29, 0.717) is 36.5 Å². The monoisotopic (exact) mass is 713 g/mol. The van der Waals surface area contributed by atoms with E-state index < -0.39 is 31.5 Å². The van der Waals surface area contributed by atoms with E-state index in [9.17, 15) is 24.3 Å². The average Bonchev–Trinajstić information content (AvgIpc) is 3.53. The fraction of sp³-hybridized carbons (Fsp3) is 0.475. The zero-order chi connectivity index (χ0) is 36.3. The number of rotatable bonds is 11. The molecule has 3 heterocycles. The van der Waals surface area contributed by atoms with Crippen molar-refractivity contribution in [2.45, 2.75) is 88.9 Å². The molecular weight excluding hydrogens is 663 g/mol. The van der Waals surface area contributed by atoms with Crippen molar-refractivity contribution in [3.05, 3.63) is 89.5 Å². The number of amides is 3. The minimum atomic E-state index is -3.02. The molecule has 10 nitrogen and oxygen atoms in total. The van der Waals surface area contributed by atoms with E-state index in [0.717, 1.165) is 42.5 Å². The number of methoxy groups -OCH3 is 1. The van der Waals surface area contributed by atoms with Crippen molar-refractivity contribution in [3.8, 4) is 5.75 Å². The van der Waals surface area contributed by atoms with Gasteiger partial charge in [0, 0.05) is 48.8 Å². The Morgan fingerprint density at radius 3 is 2.41 bits per heavy atom. The Morgan fingerprint density at radius 1 is 1.00 bits per heavy atom. The van der Waals surface area contributed by atoms with Crippen LogP contribution >= 0.6 is 0 Å². The summed E-state index contributed by atoms with van der Waals surface area (Å²) in [5, 5.41) is 9.84. The second kappa shape index (κ2) is 15.3. The normalized spacial score (nSPS) is 23.7. The molecule has 2 fully saturated rings. The summed E-state index contributed by atoms with van der Waals surface area (Å²) in [6.07, 6.45) is 3.88. The molecule has 4 atom stereocenters. The molecule has 0 aromatic heterocycles. The van der Waals surface area contributed by atoms with E-state index in [2.05, 4.69) is 0 Å². The molecule has 0 radical (unpaired) electrons. The third-order valence-electron chi connectivity index (χ3n) is 10.9. The highest BCUT2D eigenvalue weighted by Gasteiger charge is 2.66. The third kappa shape index (κ3) is 7.35. The Balaban J connectivity index is 1.30. The fourth-order valence-corrected chi connectivity index (χ4v) is 11.0. The summed E-state index contributed by atoms with van der Waals surface area (Å²) < 4.78 is 12.5. The predicted molar refractivity (Wildman–Crippen MR) is 199 cm³/mol. The summed E-state index contributed by atoms with van der Waals surface area (Å²) in [4.78, 5) is 58.7. The number of carbonyl (C=O) groups excluding carboxylic acids is 3. The molecule has 0 saturated carbocycles. The summed E-state index contributed by atoms with van der Waals surface area (Å²) in [6, 6.07) is 23.0. The number of nitrogens with zero attached hydrogens (tertiary/aromatic N) is 3. The fourth-order valence-electron chi connectivity index (χ4n) is 8.45. The summed E-state index contributed by atoms with van der Waals surface area (Å²) >= 11 is 0. The zero-order valence-corrected chi connectivity index (χ0v) is 31.2. The highest BCUT2D eigenvalue weighted by Crippen LogP contribution is 2.60. The molecule has 3 amide bonds. The standard InChI is InChI=1S/C40H51N3O7Si/c1-28-38(51(3,4)48)35(25-37(46)41(22-23-44)26-29-12-8-7-9-13-29)50-40(28)33-24-32(49-2)19-20-34(33)43(39(40)47)27-30-15-17-31(18-16-30)42-21-11-6-5-10-14-36(42)45/h7-9,12-13,15-20,24,28,35,38,44,48H,5-6,10-11,14,21-23,25-27H2,1-4H3/t28-,35+,38-,40+/m1/s1. The lowest BCUT2D eigenvalue weighted by molar-refractivity contribution is -0.150. The lowest BCUT2D eigenvalue weighted by atomic mass is 9.82. The number of hydrogen-bond donors (Lipinski definition) is 2. The number of aliphatic hydroxyl groups is 1. The lowest BCUT2D eigenvalue weighted by Gasteiger charge is -2.32. The van der Waals surface area contributed by atoms with E-state index >= 15 is 0 Å². The van der Waals surface area contributed by atoms with Crippen molar-refractivity contribution in [3.63, 3.8) is 0 Å². The topological polar surface area (TPSA) is 120 Å². The molecule has 1 spiro atoms. The van der Waals surface area contributed by atoms with E-state index in [-0.39, 0.29) is 43.8 Å². The molecule has 6 rings (SSSR count).